The van der Waals surface area contributed by atoms with E-state index in [0.717, 1.165) is 31.7 Å². The Labute approximate surface area is 92.8 Å². The lowest BCUT2D eigenvalue weighted by atomic mass is 10.1. The fraction of sp³-hybridized carbons (Fsp3) is 0.917. The van der Waals surface area contributed by atoms with Crippen molar-refractivity contribution in [1.29, 1.82) is 0 Å². The van der Waals surface area contributed by atoms with Gasteiger partial charge in [-0.1, -0.05) is 26.7 Å². The Bertz CT molecular complexity index is 210. The highest BCUT2D eigenvalue weighted by molar-refractivity contribution is 5.85. The van der Waals surface area contributed by atoms with Gasteiger partial charge in [-0.25, -0.2) is 0 Å². The molecular formula is C12H24N2O. The molecule has 3 N–H and O–H groups in total. The summed E-state index contributed by atoms with van der Waals surface area (Å²) in [6.45, 7) is 5.77. The molecule has 0 saturated heterocycles. The average Bonchev–Trinajstić information content (AvgIpc) is 2.97. The van der Waals surface area contributed by atoms with E-state index in [9.17, 15) is 4.79 Å². The molecule has 0 bridgehead atoms. The van der Waals surface area contributed by atoms with Crippen molar-refractivity contribution in [3.05, 3.63) is 0 Å². The number of amides is 1. The van der Waals surface area contributed by atoms with E-state index in [1.165, 1.54) is 12.8 Å². The molecule has 0 aliphatic heterocycles. The molecule has 3 heteroatoms. The summed E-state index contributed by atoms with van der Waals surface area (Å²) < 4.78 is 0. The second kappa shape index (κ2) is 5.50. The van der Waals surface area contributed by atoms with Crippen LogP contribution in [-0.2, 0) is 4.79 Å². The summed E-state index contributed by atoms with van der Waals surface area (Å²) in [6.07, 6.45) is 5.48. The molecule has 0 aromatic carbocycles. The fourth-order valence-electron chi connectivity index (χ4n) is 1.74. The minimum absolute atomic E-state index is 0.176. The van der Waals surface area contributed by atoms with Gasteiger partial charge in [0.05, 0.1) is 5.41 Å². The fourth-order valence-corrected chi connectivity index (χ4v) is 1.74. The van der Waals surface area contributed by atoms with E-state index in [0.29, 0.717) is 6.54 Å². The number of hydrogen-bond acceptors (Lipinski definition) is 2. The van der Waals surface area contributed by atoms with Crippen molar-refractivity contribution in [1.82, 2.24) is 5.32 Å². The molecule has 1 rings (SSSR count). The van der Waals surface area contributed by atoms with E-state index >= 15 is 0 Å². The molecule has 0 atom stereocenters. The van der Waals surface area contributed by atoms with Crippen LogP contribution in [0, 0.1) is 11.3 Å². The van der Waals surface area contributed by atoms with Gasteiger partial charge in [-0.3, -0.25) is 4.79 Å². The van der Waals surface area contributed by atoms with Crippen molar-refractivity contribution in [2.24, 2.45) is 17.1 Å². The number of rotatable bonds is 7. The van der Waals surface area contributed by atoms with Gasteiger partial charge in [0.15, 0.2) is 0 Å². The van der Waals surface area contributed by atoms with Crippen molar-refractivity contribution >= 4 is 5.91 Å². The van der Waals surface area contributed by atoms with E-state index in [1.54, 1.807) is 0 Å². The molecule has 0 radical (unpaired) electrons. The highest BCUT2D eigenvalue weighted by Gasteiger charge is 2.48. The van der Waals surface area contributed by atoms with Gasteiger partial charge >= 0.3 is 0 Å². The maximum atomic E-state index is 11.7. The Balaban J connectivity index is 2.03. The predicted octanol–water partition coefficient (Wildman–Crippen LogP) is 1.67. The van der Waals surface area contributed by atoms with Crippen molar-refractivity contribution < 1.29 is 4.79 Å². The molecule has 1 aliphatic carbocycles. The van der Waals surface area contributed by atoms with E-state index in [1.807, 2.05) is 0 Å². The third-order valence-corrected chi connectivity index (χ3v) is 3.22. The molecule has 0 unspecified atom stereocenters. The standard InChI is InChI=1S/C12H24N2O/c1-10(2)5-3-4-8-14-11(15)12(9-13)6-7-12/h10H,3-9,13H2,1-2H3,(H,14,15). The van der Waals surface area contributed by atoms with Crippen LogP contribution in [0.1, 0.15) is 46.0 Å². The van der Waals surface area contributed by atoms with Crippen LogP contribution in [0.3, 0.4) is 0 Å². The SMILES string of the molecule is CC(C)CCCCNC(=O)C1(CN)CC1. The molecule has 1 aliphatic rings. The van der Waals surface area contributed by atoms with Crippen molar-refractivity contribution in [2.75, 3.05) is 13.1 Å². The van der Waals surface area contributed by atoms with Crippen LogP contribution in [-0.4, -0.2) is 19.0 Å². The van der Waals surface area contributed by atoms with E-state index in [4.69, 9.17) is 5.73 Å². The number of nitrogens with one attached hydrogen (secondary N) is 1. The third-order valence-electron chi connectivity index (χ3n) is 3.22. The molecule has 0 aromatic rings. The largest absolute Gasteiger partial charge is 0.356 e. The van der Waals surface area contributed by atoms with Crippen molar-refractivity contribution in [3.63, 3.8) is 0 Å². The smallest absolute Gasteiger partial charge is 0.227 e. The number of nitrogens with two attached hydrogens (primary N) is 1. The molecule has 1 saturated carbocycles. The van der Waals surface area contributed by atoms with Crippen LogP contribution in [0.4, 0.5) is 0 Å². The average molecular weight is 212 g/mol. The van der Waals surface area contributed by atoms with Crippen LogP contribution in [0.15, 0.2) is 0 Å². The van der Waals surface area contributed by atoms with Crippen LogP contribution in [0.25, 0.3) is 0 Å². The molecule has 0 spiro atoms. The maximum absolute atomic E-state index is 11.7. The molecule has 1 amide bonds. The minimum Gasteiger partial charge on any atom is -0.356 e. The Hall–Kier alpha value is -0.570. The van der Waals surface area contributed by atoms with Gasteiger partial charge in [-0.15, -0.1) is 0 Å². The zero-order chi connectivity index (χ0) is 11.3. The predicted molar refractivity (Wildman–Crippen MR) is 62.4 cm³/mol. The first-order valence-corrected chi connectivity index (χ1v) is 6.09. The molecule has 0 aromatic heterocycles. The maximum Gasteiger partial charge on any atom is 0.227 e. The third kappa shape index (κ3) is 3.82. The van der Waals surface area contributed by atoms with Crippen LogP contribution >= 0.6 is 0 Å². The lowest BCUT2D eigenvalue weighted by molar-refractivity contribution is -0.125. The molecule has 0 heterocycles. The first-order valence-electron chi connectivity index (χ1n) is 6.09. The van der Waals surface area contributed by atoms with Gasteiger partial charge < -0.3 is 11.1 Å². The van der Waals surface area contributed by atoms with E-state index in [-0.39, 0.29) is 11.3 Å². The molecular weight excluding hydrogens is 188 g/mol. The van der Waals surface area contributed by atoms with Gasteiger partial charge in [0.25, 0.3) is 0 Å². The van der Waals surface area contributed by atoms with Crippen LogP contribution < -0.4 is 11.1 Å². The van der Waals surface area contributed by atoms with Gasteiger partial charge in [0.1, 0.15) is 0 Å². The first-order chi connectivity index (χ1) is 7.10. The second-order valence-corrected chi connectivity index (χ2v) is 5.13. The summed E-state index contributed by atoms with van der Waals surface area (Å²) in [4.78, 5) is 11.7. The van der Waals surface area contributed by atoms with Crippen molar-refractivity contribution in [2.45, 2.75) is 46.0 Å². The van der Waals surface area contributed by atoms with Gasteiger partial charge in [0.2, 0.25) is 5.91 Å². The van der Waals surface area contributed by atoms with E-state index < -0.39 is 0 Å². The Morgan fingerprint density at radius 2 is 2.07 bits per heavy atom. The lowest BCUT2D eigenvalue weighted by Crippen LogP contribution is -2.37. The zero-order valence-electron chi connectivity index (χ0n) is 10.0. The Morgan fingerprint density at radius 3 is 2.53 bits per heavy atom. The van der Waals surface area contributed by atoms with Gasteiger partial charge in [-0.2, -0.15) is 0 Å². The highest BCUT2D eigenvalue weighted by Crippen LogP contribution is 2.44. The topological polar surface area (TPSA) is 55.1 Å². The summed E-state index contributed by atoms with van der Waals surface area (Å²) in [7, 11) is 0. The zero-order valence-corrected chi connectivity index (χ0v) is 10.0. The highest BCUT2D eigenvalue weighted by atomic mass is 16.2. The Morgan fingerprint density at radius 1 is 1.40 bits per heavy atom. The molecule has 88 valence electrons. The lowest BCUT2D eigenvalue weighted by Gasteiger charge is -2.12. The van der Waals surface area contributed by atoms with Crippen LogP contribution in [0.2, 0.25) is 0 Å². The summed E-state index contributed by atoms with van der Waals surface area (Å²) >= 11 is 0. The Kier molecular flexibility index (Phi) is 4.58. The normalized spacial score (nSPS) is 17.9. The molecule has 1 fully saturated rings. The van der Waals surface area contributed by atoms with Gasteiger partial charge in [0, 0.05) is 13.1 Å². The number of hydrogen-bond donors (Lipinski definition) is 2. The molecule has 3 nitrogen and oxygen atoms in total. The summed E-state index contributed by atoms with van der Waals surface area (Å²) in [6, 6.07) is 0. The quantitative estimate of drug-likeness (QED) is 0.631. The van der Waals surface area contributed by atoms with Crippen molar-refractivity contribution in [3.8, 4) is 0 Å². The van der Waals surface area contributed by atoms with Crippen LogP contribution in [0.5, 0.6) is 0 Å². The van der Waals surface area contributed by atoms with E-state index in [2.05, 4.69) is 19.2 Å². The number of unbranched alkanes of at least 4 members (excludes halogenated alkanes) is 1. The first kappa shape index (κ1) is 12.5. The minimum atomic E-state index is -0.182. The molecule has 15 heavy (non-hydrogen) atoms. The number of carbonyl (C=O) groups is 1. The summed E-state index contributed by atoms with van der Waals surface area (Å²) in [5.41, 5.74) is 5.40. The second-order valence-electron chi connectivity index (χ2n) is 5.13. The summed E-state index contributed by atoms with van der Waals surface area (Å²) in [5, 5.41) is 2.99. The van der Waals surface area contributed by atoms with Gasteiger partial charge in [-0.05, 0) is 25.2 Å². The summed E-state index contributed by atoms with van der Waals surface area (Å²) in [5.74, 6) is 0.939. The monoisotopic (exact) mass is 212 g/mol. The number of carbonyl (C=O) groups excluding carboxylic acids is 1.